The molecule has 0 amide bonds. The number of pyridine rings is 1. The van der Waals surface area contributed by atoms with Gasteiger partial charge in [0.15, 0.2) is 0 Å². The van der Waals surface area contributed by atoms with E-state index in [1.165, 1.54) is 0 Å². The first-order valence-electron chi connectivity index (χ1n) is 6.89. The van der Waals surface area contributed by atoms with Crippen molar-refractivity contribution in [2.45, 2.75) is 6.92 Å². The molecule has 0 saturated heterocycles. The molecule has 0 fully saturated rings. The van der Waals surface area contributed by atoms with Crippen LogP contribution in [0.3, 0.4) is 0 Å². The molecule has 0 unspecified atom stereocenters. The van der Waals surface area contributed by atoms with Crippen molar-refractivity contribution in [1.82, 2.24) is 15.0 Å². The lowest BCUT2D eigenvalue weighted by molar-refractivity contribution is 0.398. The highest BCUT2D eigenvalue weighted by atomic mass is 16.5. The van der Waals surface area contributed by atoms with Crippen molar-refractivity contribution in [3.63, 3.8) is 0 Å². The van der Waals surface area contributed by atoms with Crippen LogP contribution in [0.2, 0.25) is 0 Å². The van der Waals surface area contributed by atoms with Crippen molar-refractivity contribution in [3.05, 3.63) is 54.4 Å². The number of hydrogen-bond donors (Lipinski definition) is 1. The zero-order chi connectivity index (χ0) is 15.5. The molecule has 0 radical (unpaired) electrons. The van der Waals surface area contributed by atoms with Crippen LogP contribution >= 0.6 is 0 Å². The van der Waals surface area contributed by atoms with E-state index in [1.807, 2.05) is 49.4 Å². The summed E-state index contributed by atoms with van der Waals surface area (Å²) < 4.78 is 5.11. The van der Waals surface area contributed by atoms with Crippen molar-refractivity contribution < 1.29 is 4.74 Å². The normalized spacial score (nSPS) is 10.5. The number of aromatic nitrogens is 3. The second-order valence-corrected chi connectivity index (χ2v) is 4.85. The van der Waals surface area contributed by atoms with Gasteiger partial charge in [-0.3, -0.25) is 0 Å². The van der Waals surface area contributed by atoms with Crippen LogP contribution in [0.15, 0.2) is 48.7 Å². The average molecular weight is 292 g/mol. The minimum atomic E-state index is 0.265. The number of nitrogens with two attached hydrogens (primary N) is 1. The Morgan fingerprint density at radius 3 is 2.36 bits per heavy atom. The van der Waals surface area contributed by atoms with Crippen LogP contribution in [0.5, 0.6) is 5.88 Å². The Kier molecular flexibility index (Phi) is 3.70. The summed E-state index contributed by atoms with van der Waals surface area (Å²) in [7, 11) is 1.59. The lowest BCUT2D eigenvalue weighted by Crippen LogP contribution is -2.02. The van der Waals surface area contributed by atoms with E-state index in [9.17, 15) is 0 Å². The molecule has 0 bridgehead atoms. The third-order valence-corrected chi connectivity index (χ3v) is 3.39. The summed E-state index contributed by atoms with van der Waals surface area (Å²) in [6, 6.07) is 13.7. The van der Waals surface area contributed by atoms with Crippen molar-refractivity contribution >= 4 is 5.95 Å². The third-order valence-electron chi connectivity index (χ3n) is 3.39. The van der Waals surface area contributed by atoms with Gasteiger partial charge in [-0.15, -0.1) is 0 Å². The largest absolute Gasteiger partial charge is 0.481 e. The lowest BCUT2D eigenvalue weighted by atomic mass is 9.99. The Morgan fingerprint density at radius 2 is 1.73 bits per heavy atom. The van der Waals surface area contributed by atoms with Gasteiger partial charge in [0.2, 0.25) is 11.8 Å². The molecule has 2 heterocycles. The Bertz CT molecular complexity index is 786. The highest BCUT2D eigenvalue weighted by Gasteiger charge is 2.14. The van der Waals surface area contributed by atoms with Crippen LogP contribution < -0.4 is 10.5 Å². The standard InChI is InChI=1S/C17H16N4O/c1-11-15(13-8-9-14(22-2)19-10-13)16(21-17(18)20-11)12-6-4-3-5-7-12/h3-10H,1-2H3,(H2,18,20,21). The smallest absolute Gasteiger partial charge is 0.220 e. The molecule has 2 N–H and O–H groups in total. The molecule has 3 rings (SSSR count). The predicted octanol–water partition coefficient (Wildman–Crippen LogP) is 3.10. The van der Waals surface area contributed by atoms with E-state index >= 15 is 0 Å². The molecule has 5 heteroatoms. The Morgan fingerprint density at radius 1 is 0.955 bits per heavy atom. The number of benzene rings is 1. The van der Waals surface area contributed by atoms with Crippen molar-refractivity contribution in [2.75, 3.05) is 12.8 Å². The summed E-state index contributed by atoms with van der Waals surface area (Å²) in [5, 5.41) is 0. The molecule has 0 saturated carbocycles. The molecule has 0 spiro atoms. The number of aryl methyl sites for hydroxylation is 1. The second kappa shape index (κ2) is 5.81. The van der Waals surface area contributed by atoms with E-state index in [4.69, 9.17) is 10.5 Å². The fourth-order valence-corrected chi connectivity index (χ4v) is 2.39. The zero-order valence-corrected chi connectivity index (χ0v) is 12.4. The summed E-state index contributed by atoms with van der Waals surface area (Å²) in [4.78, 5) is 13.0. The summed E-state index contributed by atoms with van der Waals surface area (Å²) in [5.74, 6) is 0.834. The topological polar surface area (TPSA) is 73.9 Å². The maximum atomic E-state index is 5.83. The van der Waals surface area contributed by atoms with Crippen LogP contribution in [0.4, 0.5) is 5.95 Å². The molecular weight excluding hydrogens is 276 g/mol. The van der Waals surface area contributed by atoms with E-state index in [0.29, 0.717) is 5.88 Å². The number of nitrogen functional groups attached to an aromatic ring is 1. The lowest BCUT2D eigenvalue weighted by Gasteiger charge is -2.12. The summed E-state index contributed by atoms with van der Waals surface area (Å²) in [5.41, 5.74) is 10.3. The van der Waals surface area contributed by atoms with E-state index in [2.05, 4.69) is 15.0 Å². The Hall–Kier alpha value is -2.95. The second-order valence-electron chi connectivity index (χ2n) is 4.85. The SMILES string of the molecule is COc1ccc(-c2c(C)nc(N)nc2-c2ccccc2)cn1. The van der Waals surface area contributed by atoms with Crippen LogP contribution in [0.1, 0.15) is 5.69 Å². The number of ether oxygens (including phenoxy) is 1. The van der Waals surface area contributed by atoms with Gasteiger partial charge >= 0.3 is 0 Å². The summed E-state index contributed by atoms with van der Waals surface area (Å²) in [6.45, 7) is 1.92. The van der Waals surface area contributed by atoms with E-state index in [1.54, 1.807) is 13.3 Å². The first kappa shape index (κ1) is 14.0. The fraction of sp³-hybridized carbons (Fsp3) is 0.118. The van der Waals surface area contributed by atoms with Crippen LogP contribution in [0.25, 0.3) is 22.4 Å². The average Bonchev–Trinajstić information content (AvgIpc) is 2.55. The van der Waals surface area contributed by atoms with Gasteiger partial charge in [-0.25, -0.2) is 15.0 Å². The number of nitrogens with zero attached hydrogens (tertiary/aromatic N) is 3. The molecule has 22 heavy (non-hydrogen) atoms. The first-order valence-corrected chi connectivity index (χ1v) is 6.89. The number of methoxy groups -OCH3 is 1. The van der Waals surface area contributed by atoms with Gasteiger partial charge in [-0.1, -0.05) is 30.3 Å². The highest BCUT2D eigenvalue weighted by molar-refractivity contribution is 5.82. The monoisotopic (exact) mass is 292 g/mol. The van der Waals surface area contributed by atoms with Crippen molar-refractivity contribution in [1.29, 1.82) is 0 Å². The quantitative estimate of drug-likeness (QED) is 0.803. The molecule has 3 aromatic rings. The van der Waals surface area contributed by atoms with Crippen LogP contribution in [-0.4, -0.2) is 22.1 Å². The molecule has 2 aromatic heterocycles. The Balaban J connectivity index is 2.21. The molecule has 1 aromatic carbocycles. The highest BCUT2D eigenvalue weighted by Crippen LogP contribution is 2.33. The van der Waals surface area contributed by atoms with Gasteiger partial charge < -0.3 is 10.5 Å². The molecular formula is C17H16N4O. The van der Waals surface area contributed by atoms with Crippen molar-refractivity contribution in [2.24, 2.45) is 0 Å². The maximum Gasteiger partial charge on any atom is 0.220 e. The van der Waals surface area contributed by atoms with Crippen LogP contribution in [0, 0.1) is 6.92 Å². The van der Waals surface area contributed by atoms with Crippen LogP contribution in [-0.2, 0) is 0 Å². The molecule has 0 atom stereocenters. The Labute approximate surface area is 128 Å². The molecule has 0 aliphatic heterocycles. The van der Waals surface area contributed by atoms with E-state index in [0.717, 1.165) is 28.1 Å². The molecule has 5 nitrogen and oxygen atoms in total. The predicted molar refractivity (Wildman–Crippen MR) is 86.4 cm³/mol. The summed E-state index contributed by atoms with van der Waals surface area (Å²) >= 11 is 0. The first-order chi connectivity index (χ1) is 10.7. The third kappa shape index (κ3) is 2.61. The molecule has 0 aliphatic rings. The zero-order valence-electron chi connectivity index (χ0n) is 12.4. The van der Waals surface area contributed by atoms with Gasteiger partial charge in [0.25, 0.3) is 0 Å². The maximum absolute atomic E-state index is 5.83. The summed E-state index contributed by atoms with van der Waals surface area (Å²) in [6.07, 6.45) is 1.76. The minimum absolute atomic E-state index is 0.265. The number of hydrogen-bond acceptors (Lipinski definition) is 5. The van der Waals surface area contributed by atoms with E-state index in [-0.39, 0.29) is 5.95 Å². The van der Waals surface area contributed by atoms with Gasteiger partial charge in [-0.2, -0.15) is 0 Å². The van der Waals surface area contributed by atoms with Gasteiger partial charge in [-0.05, 0) is 13.0 Å². The van der Waals surface area contributed by atoms with Crippen molar-refractivity contribution in [3.8, 4) is 28.3 Å². The van der Waals surface area contributed by atoms with Gasteiger partial charge in [0.1, 0.15) is 0 Å². The van der Waals surface area contributed by atoms with Gasteiger partial charge in [0.05, 0.1) is 18.5 Å². The fourth-order valence-electron chi connectivity index (χ4n) is 2.39. The molecule has 0 aliphatic carbocycles. The van der Waals surface area contributed by atoms with Gasteiger partial charge in [0, 0.05) is 29.0 Å². The number of anilines is 1. The molecule has 110 valence electrons. The number of rotatable bonds is 3. The minimum Gasteiger partial charge on any atom is -0.481 e. The van der Waals surface area contributed by atoms with E-state index < -0.39 is 0 Å².